The van der Waals surface area contributed by atoms with Crippen molar-refractivity contribution in [3.63, 3.8) is 0 Å². The zero-order valence-corrected chi connectivity index (χ0v) is 9.62. The summed E-state index contributed by atoms with van der Waals surface area (Å²) in [5, 5.41) is 7.79. The van der Waals surface area contributed by atoms with E-state index in [-0.39, 0.29) is 0 Å². The summed E-state index contributed by atoms with van der Waals surface area (Å²) in [6.07, 6.45) is 2.06. The molecule has 1 aromatic rings. The number of hydrogen-bond donors (Lipinski definition) is 1. The third-order valence-electron chi connectivity index (χ3n) is 2.70. The normalized spacial score (nSPS) is 15.4. The molecule has 2 atom stereocenters. The molecule has 0 bridgehead atoms. The van der Waals surface area contributed by atoms with Gasteiger partial charge in [0.25, 0.3) is 0 Å². The van der Waals surface area contributed by atoms with Gasteiger partial charge in [-0.05, 0) is 38.9 Å². The molecule has 2 unspecified atom stereocenters. The Hall–Kier alpha value is -0.830. The zero-order chi connectivity index (χ0) is 10.6. The van der Waals surface area contributed by atoms with E-state index < -0.39 is 0 Å². The van der Waals surface area contributed by atoms with Gasteiger partial charge >= 0.3 is 0 Å². The Kier molecular flexibility index (Phi) is 4.14. The van der Waals surface area contributed by atoms with Crippen molar-refractivity contribution in [1.82, 2.24) is 15.1 Å². The maximum atomic E-state index is 4.43. The van der Waals surface area contributed by atoms with E-state index in [1.165, 1.54) is 0 Å². The van der Waals surface area contributed by atoms with Crippen molar-refractivity contribution in [2.45, 2.75) is 33.7 Å². The predicted molar refractivity (Wildman–Crippen MR) is 59.4 cm³/mol. The molecule has 0 aliphatic rings. The highest BCUT2D eigenvalue weighted by atomic mass is 15.3. The first kappa shape index (κ1) is 11.2. The monoisotopic (exact) mass is 195 g/mol. The summed E-state index contributed by atoms with van der Waals surface area (Å²) in [5.74, 6) is 0.606. The molecule has 1 rings (SSSR count). The van der Waals surface area contributed by atoms with Gasteiger partial charge in [-0.3, -0.25) is 4.68 Å². The predicted octanol–water partition coefficient (Wildman–Crippen LogP) is 2.00. The summed E-state index contributed by atoms with van der Waals surface area (Å²) in [6.45, 7) is 10.7. The Bertz CT molecular complexity index is 267. The van der Waals surface area contributed by atoms with Crippen LogP contribution in [0.1, 0.15) is 32.5 Å². The van der Waals surface area contributed by atoms with Crippen LogP contribution in [-0.2, 0) is 0 Å². The second kappa shape index (κ2) is 5.15. The SMILES string of the molecule is CCNCC(C)C(C)n1ccc(C)n1. The van der Waals surface area contributed by atoms with Crippen molar-refractivity contribution in [1.29, 1.82) is 0 Å². The molecule has 1 heterocycles. The average Bonchev–Trinajstić information content (AvgIpc) is 2.60. The standard InChI is InChI=1S/C11H21N3/c1-5-12-8-9(2)11(4)14-7-6-10(3)13-14/h6-7,9,11-12H,5,8H2,1-4H3. The number of rotatable bonds is 5. The van der Waals surface area contributed by atoms with Gasteiger partial charge in [-0.1, -0.05) is 13.8 Å². The summed E-state index contributed by atoms with van der Waals surface area (Å²) in [7, 11) is 0. The molecule has 0 spiro atoms. The maximum Gasteiger partial charge on any atom is 0.0593 e. The van der Waals surface area contributed by atoms with Crippen LogP contribution in [0.2, 0.25) is 0 Å². The Morgan fingerprint density at radius 2 is 2.21 bits per heavy atom. The van der Waals surface area contributed by atoms with E-state index in [1.807, 2.05) is 6.92 Å². The van der Waals surface area contributed by atoms with Gasteiger partial charge in [0.15, 0.2) is 0 Å². The van der Waals surface area contributed by atoms with Crippen molar-refractivity contribution in [3.05, 3.63) is 18.0 Å². The van der Waals surface area contributed by atoms with Gasteiger partial charge in [0.05, 0.1) is 11.7 Å². The van der Waals surface area contributed by atoms with E-state index in [4.69, 9.17) is 0 Å². The highest BCUT2D eigenvalue weighted by molar-refractivity contribution is 4.96. The maximum absolute atomic E-state index is 4.43. The van der Waals surface area contributed by atoms with Crippen LogP contribution in [0.4, 0.5) is 0 Å². The summed E-state index contributed by atoms with van der Waals surface area (Å²) >= 11 is 0. The lowest BCUT2D eigenvalue weighted by molar-refractivity contribution is 0.338. The molecular weight excluding hydrogens is 174 g/mol. The van der Waals surface area contributed by atoms with Crippen molar-refractivity contribution >= 4 is 0 Å². The van der Waals surface area contributed by atoms with Crippen LogP contribution in [0.3, 0.4) is 0 Å². The topological polar surface area (TPSA) is 29.9 Å². The average molecular weight is 195 g/mol. The van der Waals surface area contributed by atoms with Crippen LogP contribution < -0.4 is 5.32 Å². The number of nitrogens with zero attached hydrogens (tertiary/aromatic N) is 2. The Morgan fingerprint density at radius 1 is 1.50 bits per heavy atom. The Morgan fingerprint density at radius 3 is 2.71 bits per heavy atom. The zero-order valence-electron chi connectivity index (χ0n) is 9.62. The summed E-state index contributed by atoms with van der Waals surface area (Å²) in [5.41, 5.74) is 1.09. The van der Waals surface area contributed by atoms with Crippen molar-refractivity contribution in [3.8, 4) is 0 Å². The van der Waals surface area contributed by atoms with E-state index in [1.54, 1.807) is 0 Å². The minimum Gasteiger partial charge on any atom is -0.317 e. The van der Waals surface area contributed by atoms with Crippen LogP contribution in [0.15, 0.2) is 12.3 Å². The van der Waals surface area contributed by atoms with Gasteiger partial charge in [0.2, 0.25) is 0 Å². The molecule has 0 saturated heterocycles. The first-order chi connectivity index (χ1) is 6.65. The smallest absolute Gasteiger partial charge is 0.0593 e. The van der Waals surface area contributed by atoms with Crippen LogP contribution in [0.25, 0.3) is 0 Å². The molecule has 0 fully saturated rings. The molecule has 3 heteroatoms. The second-order valence-corrected chi connectivity index (χ2v) is 3.96. The van der Waals surface area contributed by atoms with Gasteiger partial charge in [0.1, 0.15) is 0 Å². The molecule has 1 N–H and O–H groups in total. The molecule has 0 amide bonds. The molecule has 0 aliphatic heterocycles. The molecule has 0 saturated carbocycles. The van der Waals surface area contributed by atoms with Crippen LogP contribution >= 0.6 is 0 Å². The van der Waals surface area contributed by atoms with Gasteiger partial charge in [-0.2, -0.15) is 5.10 Å². The van der Waals surface area contributed by atoms with Crippen LogP contribution in [0.5, 0.6) is 0 Å². The number of hydrogen-bond acceptors (Lipinski definition) is 2. The van der Waals surface area contributed by atoms with Gasteiger partial charge < -0.3 is 5.32 Å². The van der Waals surface area contributed by atoms with E-state index in [9.17, 15) is 0 Å². The lowest BCUT2D eigenvalue weighted by Gasteiger charge is -2.20. The quantitative estimate of drug-likeness (QED) is 0.778. The third-order valence-corrected chi connectivity index (χ3v) is 2.70. The first-order valence-corrected chi connectivity index (χ1v) is 5.37. The summed E-state index contributed by atoms with van der Waals surface area (Å²) in [6, 6.07) is 2.51. The second-order valence-electron chi connectivity index (χ2n) is 3.96. The Balaban J connectivity index is 2.51. The fourth-order valence-corrected chi connectivity index (χ4v) is 1.46. The van der Waals surface area contributed by atoms with Gasteiger partial charge in [0, 0.05) is 6.20 Å². The molecule has 1 aromatic heterocycles. The van der Waals surface area contributed by atoms with E-state index in [2.05, 4.69) is 48.1 Å². The van der Waals surface area contributed by atoms with Gasteiger partial charge in [-0.25, -0.2) is 0 Å². The van der Waals surface area contributed by atoms with Gasteiger partial charge in [-0.15, -0.1) is 0 Å². The van der Waals surface area contributed by atoms with E-state index >= 15 is 0 Å². The molecule has 0 aromatic carbocycles. The fourth-order valence-electron chi connectivity index (χ4n) is 1.46. The van der Waals surface area contributed by atoms with Crippen LogP contribution in [0, 0.1) is 12.8 Å². The molecule has 80 valence electrons. The molecule has 0 aliphatic carbocycles. The van der Waals surface area contributed by atoms with Crippen molar-refractivity contribution in [2.24, 2.45) is 5.92 Å². The van der Waals surface area contributed by atoms with E-state index in [0.717, 1.165) is 18.8 Å². The number of aromatic nitrogens is 2. The number of aryl methyl sites for hydroxylation is 1. The lowest BCUT2D eigenvalue weighted by atomic mass is 10.0. The Labute approximate surface area is 86.5 Å². The molecule has 0 radical (unpaired) electrons. The summed E-state index contributed by atoms with van der Waals surface area (Å²) in [4.78, 5) is 0. The van der Waals surface area contributed by atoms with Crippen molar-refractivity contribution < 1.29 is 0 Å². The first-order valence-electron chi connectivity index (χ1n) is 5.37. The minimum absolute atomic E-state index is 0.461. The molecule has 3 nitrogen and oxygen atoms in total. The largest absolute Gasteiger partial charge is 0.317 e. The van der Waals surface area contributed by atoms with Crippen LogP contribution in [-0.4, -0.2) is 22.9 Å². The molecular formula is C11H21N3. The fraction of sp³-hybridized carbons (Fsp3) is 0.727. The van der Waals surface area contributed by atoms with Crippen molar-refractivity contribution in [2.75, 3.05) is 13.1 Å². The third kappa shape index (κ3) is 2.84. The number of nitrogens with one attached hydrogen (secondary N) is 1. The highest BCUT2D eigenvalue weighted by Crippen LogP contribution is 2.15. The molecule has 14 heavy (non-hydrogen) atoms. The summed E-state index contributed by atoms with van der Waals surface area (Å²) < 4.78 is 2.05. The minimum atomic E-state index is 0.461. The lowest BCUT2D eigenvalue weighted by Crippen LogP contribution is -2.26. The van der Waals surface area contributed by atoms with E-state index in [0.29, 0.717) is 12.0 Å². The highest BCUT2D eigenvalue weighted by Gasteiger charge is 2.13.